The van der Waals surface area contributed by atoms with Crippen molar-refractivity contribution in [2.24, 2.45) is 0 Å². The first-order valence-corrected chi connectivity index (χ1v) is 8.42. The molecule has 0 bridgehead atoms. The minimum absolute atomic E-state index is 0.265. The highest BCUT2D eigenvalue weighted by Crippen LogP contribution is 2.35. The first-order chi connectivity index (χ1) is 12.4. The van der Waals surface area contributed by atoms with E-state index in [1.54, 1.807) is 31.4 Å². The van der Waals surface area contributed by atoms with Crippen molar-refractivity contribution in [3.8, 4) is 17.2 Å². The van der Waals surface area contributed by atoms with Crippen molar-refractivity contribution in [1.82, 2.24) is 15.2 Å². The standard InChI is InChI=1S/C17H14F3N3O2S/c1-10(26-14-8-5-12(9-21-14)17(18,19)20)15-22-23-16(25-15)11-3-6-13(24-2)7-4-11/h3-10H,1-2H3. The molecule has 136 valence electrons. The molecule has 0 N–H and O–H groups in total. The Bertz CT molecular complexity index is 864. The second kappa shape index (κ2) is 7.36. The lowest BCUT2D eigenvalue weighted by Crippen LogP contribution is -2.05. The summed E-state index contributed by atoms with van der Waals surface area (Å²) in [7, 11) is 1.58. The number of ether oxygens (including phenoxy) is 1. The van der Waals surface area contributed by atoms with Crippen LogP contribution in [0.4, 0.5) is 13.2 Å². The summed E-state index contributed by atoms with van der Waals surface area (Å²) in [4.78, 5) is 3.83. The van der Waals surface area contributed by atoms with Crippen molar-refractivity contribution < 1.29 is 22.3 Å². The van der Waals surface area contributed by atoms with E-state index in [2.05, 4.69) is 15.2 Å². The summed E-state index contributed by atoms with van der Waals surface area (Å²) < 4.78 is 48.5. The number of aromatic nitrogens is 3. The number of pyridine rings is 1. The van der Waals surface area contributed by atoms with Gasteiger partial charge >= 0.3 is 6.18 Å². The second-order valence-corrected chi connectivity index (χ2v) is 6.68. The minimum Gasteiger partial charge on any atom is -0.497 e. The fourth-order valence-corrected chi connectivity index (χ4v) is 2.92. The molecule has 0 saturated carbocycles. The molecular weight excluding hydrogens is 367 g/mol. The summed E-state index contributed by atoms with van der Waals surface area (Å²) in [5.41, 5.74) is -0.0384. The zero-order valence-electron chi connectivity index (χ0n) is 13.8. The number of benzene rings is 1. The molecule has 0 aliphatic carbocycles. The fourth-order valence-electron chi connectivity index (χ4n) is 2.10. The van der Waals surface area contributed by atoms with E-state index in [0.29, 0.717) is 22.6 Å². The van der Waals surface area contributed by atoms with E-state index >= 15 is 0 Å². The van der Waals surface area contributed by atoms with E-state index in [0.717, 1.165) is 17.8 Å². The topological polar surface area (TPSA) is 61.0 Å². The molecule has 2 aromatic heterocycles. The molecule has 1 atom stereocenters. The van der Waals surface area contributed by atoms with Crippen LogP contribution < -0.4 is 4.74 Å². The van der Waals surface area contributed by atoms with Gasteiger partial charge in [0.1, 0.15) is 5.75 Å². The first-order valence-electron chi connectivity index (χ1n) is 7.54. The van der Waals surface area contributed by atoms with Crippen LogP contribution in [0.2, 0.25) is 0 Å². The summed E-state index contributed by atoms with van der Waals surface area (Å²) in [6, 6.07) is 9.48. The van der Waals surface area contributed by atoms with Crippen molar-refractivity contribution in [2.45, 2.75) is 23.4 Å². The Labute approximate surface area is 151 Å². The third-order valence-corrected chi connectivity index (χ3v) is 4.52. The molecule has 0 aliphatic rings. The molecule has 26 heavy (non-hydrogen) atoms. The summed E-state index contributed by atoms with van der Waals surface area (Å²) in [5, 5.41) is 8.20. The quantitative estimate of drug-likeness (QED) is 0.579. The monoisotopic (exact) mass is 381 g/mol. The van der Waals surface area contributed by atoms with Crippen molar-refractivity contribution >= 4 is 11.8 Å². The van der Waals surface area contributed by atoms with Crippen molar-refractivity contribution in [3.05, 3.63) is 54.0 Å². The highest BCUT2D eigenvalue weighted by molar-refractivity contribution is 7.99. The van der Waals surface area contributed by atoms with Crippen molar-refractivity contribution in [3.63, 3.8) is 0 Å². The maximum absolute atomic E-state index is 12.6. The molecule has 0 aliphatic heterocycles. The van der Waals surface area contributed by atoms with Crippen LogP contribution >= 0.6 is 11.8 Å². The van der Waals surface area contributed by atoms with Crippen molar-refractivity contribution in [1.29, 1.82) is 0 Å². The largest absolute Gasteiger partial charge is 0.497 e. The molecule has 1 aromatic carbocycles. The zero-order chi connectivity index (χ0) is 18.7. The summed E-state index contributed by atoms with van der Waals surface area (Å²) in [6.07, 6.45) is -3.59. The number of methoxy groups -OCH3 is 1. The predicted molar refractivity (Wildman–Crippen MR) is 89.8 cm³/mol. The van der Waals surface area contributed by atoms with E-state index < -0.39 is 11.7 Å². The number of nitrogens with zero attached hydrogens (tertiary/aromatic N) is 3. The summed E-state index contributed by atoms with van der Waals surface area (Å²) >= 11 is 1.24. The Morgan fingerprint density at radius 2 is 1.81 bits per heavy atom. The van der Waals surface area contributed by atoms with E-state index in [1.807, 2.05) is 6.92 Å². The molecule has 0 saturated heterocycles. The molecule has 3 rings (SSSR count). The third-order valence-electron chi connectivity index (χ3n) is 3.49. The van der Waals surface area contributed by atoms with Gasteiger partial charge in [-0.05, 0) is 43.3 Å². The average Bonchev–Trinajstić information content (AvgIpc) is 3.12. The Balaban J connectivity index is 1.70. The number of hydrogen-bond acceptors (Lipinski definition) is 6. The number of halogens is 3. The van der Waals surface area contributed by atoms with Crippen molar-refractivity contribution in [2.75, 3.05) is 7.11 Å². The van der Waals surface area contributed by atoms with Gasteiger partial charge in [0, 0.05) is 11.8 Å². The molecular formula is C17H14F3N3O2S. The van der Waals surface area contributed by atoms with E-state index in [4.69, 9.17) is 9.15 Å². The summed E-state index contributed by atoms with van der Waals surface area (Å²) in [6.45, 7) is 1.81. The second-order valence-electron chi connectivity index (χ2n) is 5.32. The number of rotatable bonds is 5. The van der Waals surface area contributed by atoms with Crippen LogP contribution in [0, 0.1) is 0 Å². The lowest BCUT2D eigenvalue weighted by Gasteiger charge is -2.08. The van der Waals surface area contributed by atoms with E-state index in [-0.39, 0.29) is 5.25 Å². The Kier molecular flexibility index (Phi) is 5.17. The van der Waals surface area contributed by atoms with Gasteiger partial charge in [-0.25, -0.2) is 4.98 Å². The maximum Gasteiger partial charge on any atom is 0.417 e. The van der Waals surface area contributed by atoms with Gasteiger partial charge in [-0.2, -0.15) is 13.2 Å². The smallest absolute Gasteiger partial charge is 0.417 e. The summed E-state index contributed by atoms with van der Waals surface area (Å²) in [5.74, 6) is 1.43. The molecule has 5 nitrogen and oxygen atoms in total. The highest BCUT2D eigenvalue weighted by atomic mass is 32.2. The minimum atomic E-state index is -4.40. The molecule has 0 fully saturated rings. The number of alkyl halides is 3. The number of thioether (sulfide) groups is 1. The van der Waals surface area contributed by atoms with Crippen LogP contribution in [0.5, 0.6) is 5.75 Å². The molecule has 0 spiro atoms. The lowest BCUT2D eigenvalue weighted by atomic mass is 10.2. The Morgan fingerprint density at radius 3 is 2.38 bits per heavy atom. The van der Waals surface area contributed by atoms with Gasteiger partial charge in [-0.1, -0.05) is 11.8 Å². The van der Waals surface area contributed by atoms with Gasteiger partial charge in [-0.3, -0.25) is 0 Å². The van der Waals surface area contributed by atoms with Gasteiger partial charge in [0.05, 0.1) is 22.9 Å². The van der Waals surface area contributed by atoms with Gasteiger partial charge < -0.3 is 9.15 Å². The van der Waals surface area contributed by atoms with Gasteiger partial charge in [0.25, 0.3) is 0 Å². The van der Waals surface area contributed by atoms with E-state index in [9.17, 15) is 13.2 Å². The Morgan fingerprint density at radius 1 is 1.08 bits per heavy atom. The molecule has 1 unspecified atom stereocenters. The van der Waals surface area contributed by atoms with Gasteiger partial charge in [-0.15, -0.1) is 10.2 Å². The van der Waals surface area contributed by atoms with E-state index in [1.165, 1.54) is 17.8 Å². The zero-order valence-corrected chi connectivity index (χ0v) is 14.6. The maximum atomic E-state index is 12.6. The molecule has 0 amide bonds. The number of hydrogen-bond donors (Lipinski definition) is 0. The van der Waals surface area contributed by atoms with Crippen LogP contribution in [0.3, 0.4) is 0 Å². The molecule has 2 heterocycles. The average molecular weight is 381 g/mol. The SMILES string of the molecule is COc1ccc(-c2nnc(C(C)Sc3ccc(C(F)(F)F)cn3)o2)cc1. The third kappa shape index (κ3) is 4.16. The molecule has 3 aromatic rings. The van der Waals surface area contributed by atoms with Gasteiger partial charge in [0.2, 0.25) is 11.8 Å². The normalized spacial score (nSPS) is 12.8. The van der Waals surface area contributed by atoms with Crippen LogP contribution in [0.1, 0.15) is 23.6 Å². The molecule has 0 radical (unpaired) electrons. The highest BCUT2D eigenvalue weighted by Gasteiger charge is 2.30. The lowest BCUT2D eigenvalue weighted by molar-refractivity contribution is -0.137. The van der Waals surface area contributed by atoms with Crippen LogP contribution in [-0.2, 0) is 6.18 Å². The van der Waals surface area contributed by atoms with Crippen LogP contribution in [0.15, 0.2) is 52.0 Å². The first kappa shape index (κ1) is 18.2. The molecule has 9 heteroatoms. The predicted octanol–water partition coefficient (Wildman–Crippen LogP) is 5.01. The van der Waals surface area contributed by atoms with Crippen LogP contribution in [-0.4, -0.2) is 22.3 Å². The van der Waals surface area contributed by atoms with Crippen LogP contribution in [0.25, 0.3) is 11.5 Å². The van der Waals surface area contributed by atoms with Gasteiger partial charge in [0.15, 0.2) is 0 Å². The fraction of sp³-hybridized carbons (Fsp3) is 0.235. The Hall–Kier alpha value is -2.55.